The summed E-state index contributed by atoms with van der Waals surface area (Å²) in [6, 6.07) is 1.99. The zero-order valence-corrected chi connectivity index (χ0v) is 18.9. The molecular formula is C17H26N3NaO6S. The SMILES string of the molecule is N#C[C@@H]1CCCN1C(=O)CNC12CC3CC(CC(O)(C3)C1)C2.O=S(=O)([O-])O.[Na+]. The van der Waals surface area contributed by atoms with Crippen LogP contribution in [0.2, 0.25) is 0 Å². The van der Waals surface area contributed by atoms with Crippen LogP contribution >= 0.6 is 0 Å². The first-order valence-electron chi connectivity index (χ1n) is 9.36. The Labute approximate surface area is 187 Å². The second kappa shape index (κ2) is 8.86. The first kappa shape index (κ1) is 24.0. The molecule has 152 valence electrons. The molecule has 0 radical (unpaired) electrons. The maximum absolute atomic E-state index is 12.4. The molecule has 5 fully saturated rings. The molecule has 1 saturated heterocycles. The van der Waals surface area contributed by atoms with E-state index in [0.29, 0.717) is 24.9 Å². The number of rotatable bonds is 3. The molecule has 3 atom stereocenters. The second-order valence-electron chi connectivity index (χ2n) is 8.62. The van der Waals surface area contributed by atoms with Crippen molar-refractivity contribution in [1.82, 2.24) is 10.2 Å². The van der Waals surface area contributed by atoms with Crippen molar-refractivity contribution >= 4 is 16.3 Å². The Balaban J connectivity index is 0.000000420. The summed E-state index contributed by atoms with van der Waals surface area (Å²) in [6.07, 6.45) is 7.87. The minimum absolute atomic E-state index is 0. The number of hydrogen-bond donors (Lipinski definition) is 3. The van der Waals surface area contributed by atoms with Crippen LogP contribution in [-0.4, -0.2) is 63.7 Å². The number of likely N-dealkylation sites (tertiary alicyclic amines) is 1. The summed E-state index contributed by atoms with van der Waals surface area (Å²) in [5.74, 6) is 1.28. The number of nitriles is 1. The molecule has 1 heterocycles. The molecule has 4 aliphatic carbocycles. The molecule has 5 rings (SSSR count). The second-order valence-corrected chi connectivity index (χ2v) is 9.48. The summed E-state index contributed by atoms with van der Waals surface area (Å²) in [7, 11) is -4.92. The van der Waals surface area contributed by atoms with E-state index in [1.54, 1.807) is 4.90 Å². The van der Waals surface area contributed by atoms with Gasteiger partial charge in [0.15, 0.2) is 0 Å². The van der Waals surface area contributed by atoms with Crippen molar-refractivity contribution in [2.24, 2.45) is 11.8 Å². The summed E-state index contributed by atoms with van der Waals surface area (Å²) in [4.78, 5) is 14.2. The van der Waals surface area contributed by atoms with E-state index in [1.165, 1.54) is 6.42 Å². The largest absolute Gasteiger partial charge is 1.00 e. The molecule has 1 amide bonds. The Morgan fingerprint density at radius 1 is 1.29 bits per heavy atom. The Morgan fingerprint density at radius 2 is 1.86 bits per heavy atom. The van der Waals surface area contributed by atoms with Crippen LogP contribution in [0.25, 0.3) is 0 Å². The Hall–Kier alpha value is -0.250. The zero-order chi connectivity index (χ0) is 19.9. The molecule has 2 unspecified atom stereocenters. The minimum atomic E-state index is -4.92. The van der Waals surface area contributed by atoms with Gasteiger partial charge in [-0.1, -0.05) is 0 Å². The van der Waals surface area contributed by atoms with Crippen LogP contribution in [0.15, 0.2) is 0 Å². The first-order valence-corrected chi connectivity index (χ1v) is 10.7. The average molecular weight is 423 g/mol. The van der Waals surface area contributed by atoms with E-state index in [0.717, 1.165) is 44.9 Å². The van der Waals surface area contributed by atoms with Gasteiger partial charge < -0.3 is 19.9 Å². The van der Waals surface area contributed by atoms with E-state index in [4.69, 9.17) is 22.8 Å². The molecule has 9 nitrogen and oxygen atoms in total. The van der Waals surface area contributed by atoms with Gasteiger partial charge in [-0.2, -0.15) is 5.26 Å². The fraction of sp³-hybridized carbons (Fsp3) is 0.882. The molecule has 28 heavy (non-hydrogen) atoms. The van der Waals surface area contributed by atoms with Gasteiger partial charge >= 0.3 is 29.6 Å². The number of nitrogens with zero attached hydrogens (tertiary/aromatic N) is 2. The number of amides is 1. The number of hydrogen-bond acceptors (Lipinski definition) is 7. The predicted octanol–water partition coefficient (Wildman–Crippen LogP) is -2.82. The van der Waals surface area contributed by atoms with Gasteiger partial charge in [0, 0.05) is 12.1 Å². The molecule has 0 aromatic heterocycles. The fourth-order valence-electron chi connectivity index (χ4n) is 5.99. The molecule has 4 saturated carbocycles. The van der Waals surface area contributed by atoms with E-state index in [2.05, 4.69) is 11.4 Å². The Bertz CT molecular complexity index is 718. The van der Waals surface area contributed by atoms with Gasteiger partial charge in [0.1, 0.15) is 6.04 Å². The summed E-state index contributed by atoms with van der Waals surface area (Å²) in [6.45, 7) is 1.02. The molecule has 4 bridgehead atoms. The third-order valence-corrected chi connectivity index (χ3v) is 6.37. The van der Waals surface area contributed by atoms with Crippen LogP contribution in [0, 0.1) is 23.2 Å². The molecule has 1 aliphatic heterocycles. The monoisotopic (exact) mass is 423 g/mol. The van der Waals surface area contributed by atoms with Crippen LogP contribution in [-0.2, 0) is 15.2 Å². The van der Waals surface area contributed by atoms with Crippen LogP contribution in [0.1, 0.15) is 51.4 Å². The standard InChI is InChI=1S/C17H25N3O2.Na.H2O4S/c18-9-14-2-1-3-20(14)15(21)10-19-16-5-12-4-13(6-16)8-17(22,7-12)11-16;;1-5(2,3)4/h12-14,19,22H,1-8,10-11H2;;(H2,1,2,3,4)/q;+1;/p-1/t12?,13?,14-,16?,17?;;/m0../s1. The van der Waals surface area contributed by atoms with Gasteiger partial charge in [-0.15, -0.1) is 0 Å². The van der Waals surface area contributed by atoms with E-state index in [9.17, 15) is 9.90 Å². The van der Waals surface area contributed by atoms with Gasteiger partial charge in [0.05, 0.1) is 18.2 Å². The predicted molar refractivity (Wildman–Crippen MR) is 93.0 cm³/mol. The van der Waals surface area contributed by atoms with Crippen molar-refractivity contribution in [1.29, 1.82) is 5.26 Å². The third-order valence-electron chi connectivity index (χ3n) is 6.37. The maximum Gasteiger partial charge on any atom is 1.00 e. The molecule has 5 aliphatic rings. The van der Waals surface area contributed by atoms with Gasteiger partial charge in [-0.3, -0.25) is 9.35 Å². The first-order chi connectivity index (χ1) is 12.5. The number of aliphatic hydroxyl groups is 1. The fourth-order valence-corrected chi connectivity index (χ4v) is 5.99. The molecular weight excluding hydrogens is 397 g/mol. The molecule has 0 spiro atoms. The van der Waals surface area contributed by atoms with E-state index < -0.39 is 16.0 Å². The van der Waals surface area contributed by atoms with Crippen molar-refractivity contribution in [3.8, 4) is 6.07 Å². The normalized spacial score (nSPS) is 38.2. The van der Waals surface area contributed by atoms with Crippen LogP contribution in [0.5, 0.6) is 0 Å². The quantitative estimate of drug-likeness (QED) is 0.250. The smallest absolute Gasteiger partial charge is 0.726 e. The van der Waals surface area contributed by atoms with Gasteiger partial charge in [0.2, 0.25) is 16.3 Å². The van der Waals surface area contributed by atoms with Gasteiger partial charge in [-0.25, -0.2) is 8.42 Å². The average Bonchev–Trinajstić information content (AvgIpc) is 2.97. The Kier molecular flexibility index (Phi) is 7.60. The van der Waals surface area contributed by atoms with Gasteiger partial charge in [0.25, 0.3) is 0 Å². The molecule has 0 aromatic rings. The molecule has 3 N–H and O–H groups in total. The van der Waals surface area contributed by atoms with Crippen molar-refractivity contribution in [3.63, 3.8) is 0 Å². The van der Waals surface area contributed by atoms with Crippen molar-refractivity contribution in [3.05, 3.63) is 0 Å². The van der Waals surface area contributed by atoms with Crippen LogP contribution in [0.4, 0.5) is 0 Å². The summed E-state index contributed by atoms with van der Waals surface area (Å²) in [5.41, 5.74) is -0.542. The molecule has 11 heteroatoms. The van der Waals surface area contributed by atoms with Crippen molar-refractivity contribution in [2.45, 2.75) is 68.5 Å². The number of carbonyl (C=O) groups is 1. The van der Waals surface area contributed by atoms with E-state index in [-0.39, 0.29) is 47.0 Å². The van der Waals surface area contributed by atoms with Gasteiger partial charge in [-0.05, 0) is 63.2 Å². The van der Waals surface area contributed by atoms with E-state index >= 15 is 0 Å². The summed E-state index contributed by atoms with van der Waals surface area (Å²) < 4.78 is 32.8. The van der Waals surface area contributed by atoms with Crippen molar-refractivity contribution < 1.29 is 57.0 Å². The minimum Gasteiger partial charge on any atom is -0.726 e. The van der Waals surface area contributed by atoms with Crippen LogP contribution in [0.3, 0.4) is 0 Å². The zero-order valence-electron chi connectivity index (χ0n) is 16.1. The Morgan fingerprint density at radius 3 is 2.36 bits per heavy atom. The van der Waals surface area contributed by atoms with Crippen LogP contribution < -0.4 is 34.9 Å². The number of nitrogens with one attached hydrogen (secondary N) is 1. The summed E-state index contributed by atoms with van der Waals surface area (Å²) in [5, 5.41) is 23.4. The van der Waals surface area contributed by atoms with Crippen molar-refractivity contribution in [2.75, 3.05) is 13.1 Å². The summed E-state index contributed by atoms with van der Waals surface area (Å²) >= 11 is 0. The van der Waals surface area contributed by atoms with E-state index in [1.807, 2.05) is 0 Å². The topological polar surface area (TPSA) is 154 Å². The maximum atomic E-state index is 12.4. The number of carbonyl (C=O) groups excluding carboxylic acids is 1. The third kappa shape index (κ3) is 5.89. The molecule has 0 aromatic carbocycles.